The summed E-state index contributed by atoms with van der Waals surface area (Å²) in [6.07, 6.45) is 22.0. The summed E-state index contributed by atoms with van der Waals surface area (Å²) in [5, 5.41) is 9.00. The van der Waals surface area contributed by atoms with Crippen LogP contribution in [0.3, 0.4) is 0 Å². The van der Waals surface area contributed by atoms with E-state index in [4.69, 9.17) is 15.6 Å². The van der Waals surface area contributed by atoms with Gasteiger partial charge < -0.3 is 15.6 Å². The van der Waals surface area contributed by atoms with Crippen molar-refractivity contribution in [2.45, 2.75) is 109 Å². The van der Waals surface area contributed by atoms with E-state index in [9.17, 15) is 4.79 Å². The summed E-state index contributed by atoms with van der Waals surface area (Å²) in [6.45, 7) is 2.23. The maximum absolute atomic E-state index is 12.0. The van der Waals surface area contributed by atoms with Gasteiger partial charge in [-0.25, -0.2) is 0 Å². The topological polar surface area (TPSA) is 72.5 Å². The second-order valence-corrected chi connectivity index (χ2v) is 8.60. The summed E-state index contributed by atoms with van der Waals surface area (Å²) in [5.74, 6) is 0.400. The Labute approximate surface area is 190 Å². The number of rotatable bonds is 19. The molecule has 0 saturated heterocycles. The number of esters is 1. The molecule has 0 radical (unpaired) electrons. The van der Waals surface area contributed by atoms with Gasteiger partial charge in [0.1, 0.15) is 5.75 Å². The van der Waals surface area contributed by atoms with E-state index in [-0.39, 0.29) is 18.6 Å². The highest BCUT2D eigenvalue weighted by molar-refractivity contribution is 5.72. The Kier molecular flexibility index (Phi) is 16.8. The lowest BCUT2D eigenvalue weighted by atomic mass is 10.1. The summed E-state index contributed by atoms with van der Waals surface area (Å²) in [4.78, 5) is 12.0. The van der Waals surface area contributed by atoms with E-state index in [1.165, 1.54) is 70.6 Å². The van der Waals surface area contributed by atoms with E-state index in [0.717, 1.165) is 18.4 Å². The van der Waals surface area contributed by atoms with Gasteiger partial charge in [-0.1, -0.05) is 82.6 Å². The Morgan fingerprint density at radius 3 is 2.03 bits per heavy atom. The van der Waals surface area contributed by atoms with Crippen LogP contribution in [0.25, 0.3) is 0 Å². The van der Waals surface area contributed by atoms with Crippen molar-refractivity contribution in [1.82, 2.24) is 0 Å². The lowest BCUT2D eigenvalue weighted by Gasteiger charge is -2.09. The van der Waals surface area contributed by atoms with Crippen LogP contribution < -0.4 is 10.5 Å². The van der Waals surface area contributed by atoms with Gasteiger partial charge >= 0.3 is 5.97 Å². The van der Waals surface area contributed by atoms with Crippen LogP contribution in [0.15, 0.2) is 36.4 Å². The molecule has 0 unspecified atom stereocenters. The molecular weight excluding hydrogens is 386 g/mol. The normalized spacial score (nSPS) is 12.4. The highest BCUT2D eigenvalue weighted by atomic mass is 16.5. The molecule has 1 atom stereocenters. The molecule has 1 aromatic rings. The number of hydrogen-bond acceptors (Lipinski definition) is 4. The van der Waals surface area contributed by atoms with Crippen LogP contribution in [0.4, 0.5) is 0 Å². The van der Waals surface area contributed by atoms with Gasteiger partial charge in [0.15, 0.2) is 0 Å². The third-order valence-corrected chi connectivity index (χ3v) is 5.53. The molecule has 1 aromatic carbocycles. The number of aliphatic hydroxyl groups excluding tert-OH is 1. The molecule has 0 saturated carbocycles. The minimum Gasteiger partial charge on any atom is -0.427 e. The maximum atomic E-state index is 12.0. The number of benzene rings is 1. The first kappa shape index (κ1) is 27.4. The zero-order chi connectivity index (χ0) is 22.6. The van der Waals surface area contributed by atoms with E-state index >= 15 is 0 Å². The number of ether oxygens (including phenoxy) is 1. The Morgan fingerprint density at radius 1 is 0.903 bits per heavy atom. The summed E-state index contributed by atoms with van der Waals surface area (Å²) in [6, 6.07) is 7.10. The van der Waals surface area contributed by atoms with Crippen molar-refractivity contribution in [2.75, 3.05) is 6.61 Å². The molecule has 0 aliphatic heterocycles. The van der Waals surface area contributed by atoms with Crippen LogP contribution in [-0.4, -0.2) is 23.7 Å². The number of carbonyl (C=O) groups is 1. The lowest BCUT2D eigenvalue weighted by Crippen LogP contribution is -2.26. The van der Waals surface area contributed by atoms with Crippen molar-refractivity contribution in [3.05, 3.63) is 42.0 Å². The van der Waals surface area contributed by atoms with Gasteiger partial charge in [0.25, 0.3) is 0 Å². The van der Waals surface area contributed by atoms with Crippen molar-refractivity contribution >= 4 is 5.97 Å². The Bertz CT molecular complexity index is 583. The molecule has 0 aromatic heterocycles. The summed E-state index contributed by atoms with van der Waals surface area (Å²) in [5.41, 5.74) is 6.76. The first-order chi connectivity index (χ1) is 15.2. The number of allylic oxidation sites excluding steroid dienone is 2. The SMILES string of the molecule is CCCCCCCCC=CCCCCCCCC(=O)Oc1ccc(C[C@H](N)CO)cc1. The van der Waals surface area contributed by atoms with Crippen molar-refractivity contribution < 1.29 is 14.6 Å². The van der Waals surface area contributed by atoms with Gasteiger partial charge in [-0.2, -0.15) is 0 Å². The molecule has 1 rings (SSSR count). The summed E-state index contributed by atoms with van der Waals surface area (Å²) >= 11 is 0. The predicted molar refractivity (Wildman–Crippen MR) is 130 cm³/mol. The largest absolute Gasteiger partial charge is 0.427 e. The first-order valence-electron chi connectivity index (χ1n) is 12.5. The predicted octanol–water partition coefficient (Wildman–Crippen LogP) is 6.49. The van der Waals surface area contributed by atoms with E-state index < -0.39 is 0 Å². The van der Waals surface area contributed by atoms with Crippen LogP contribution in [0, 0.1) is 0 Å². The number of carbonyl (C=O) groups excluding carboxylic acids is 1. The van der Waals surface area contributed by atoms with Gasteiger partial charge in [0, 0.05) is 12.5 Å². The fraction of sp³-hybridized carbons (Fsp3) is 0.667. The molecule has 0 aliphatic carbocycles. The van der Waals surface area contributed by atoms with Crippen molar-refractivity contribution in [2.24, 2.45) is 5.73 Å². The van der Waals surface area contributed by atoms with Gasteiger partial charge in [-0.05, 0) is 56.2 Å². The van der Waals surface area contributed by atoms with Crippen LogP contribution in [-0.2, 0) is 11.2 Å². The molecule has 0 fully saturated rings. The second-order valence-electron chi connectivity index (χ2n) is 8.60. The molecule has 4 nitrogen and oxygen atoms in total. The number of hydrogen-bond donors (Lipinski definition) is 2. The van der Waals surface area contributed by atoms with E-state index in [1.807, 2.05) is 12.1 Å². The van der Waals surface area contributed by atoms with Crippen LogP contribution in [0.5, 0.6) is 5.75 Å². The number of nitrogens with two attached hydrogens (primary N) is 1. The fourth-order valence-electron chi connectivity index (χ4n) is 3.58. The third-order valence-electron chi connectivity index (χ3n) is 5.53. The molecular formula is C27H45NO3. The number of aliphatic hydroxyl groups is 1. The molecule has 0 heterocycles. The van der Waals surface area contributed by atoms with Gasteiger partial charge in [0.05, 0.1) is 6.61 Å². The zero-order valence-electron chi connectivity index (χ0n) is 19.7. The third kappa shape index (κ3) is 15.8. The molecule has 31 heavy (non-hydrogen) atoms. The molecule has 0 spiro atoms. The summed E-state index contributed by atoms with van der Waals surface area (Å²) < 4.78 is 5.39. The first-order valence-corrected chi connectivity index (χ1v) is 12.5. The second kappa shape index (κ2) is 19.1. The molecule has 176 valence electrons. The van der Waals surface area contributed by atoms with Crippen LogP contribution in [0.1, 0.15) is 102 Å². The van der Waals surface area contributed by atoms with Gasteiger partial charge in [-0.15, -0.1) is 0 Å². The monoisotopic (exact) mass is 431 g/mol. The Hall–Kier alpha value is -1.65. The lowest BCUT2D eigenvalue weighted by molar-refractivity contribution is -0.134. The number of unbranched alkanes of at least 4 members (excludes halogenated alkanes) is 11. The molecule has 4 heteroatoms. The molecule has 0 bridgehead atoms. The zero-order valence-corrected chi connectivity index (χ0v) is 19.7. The highest BCUT2D eigenvalue weighted by Crippen LogP contribution is 2.15. The van der Waals surface area contributed by atoms with Gasteiger partial charge in [-0.3, -0.25) is 4.79 Å². The molecule has 0 amide bonds. The Morgan fingerprint density at radius 2 is 1.45 bits per heavy atom. The van der Waals surface area contributed by atoms with E-state index in [2.05, 4.69) is 19.1 Å². The fourth-order valence-corrected chi connectivity index (χ4v) is 3.58. The van der Waals surface area contributed by atoms with E-state index in [0.29, 0.717) is 18.6 Å². The minimum atomic E-state index is -0.255. The van der Waals surface area contributed by atoms with Gasteiger partial charge in [0.2, 0.25) is 0 Å². The molecule has 3 N–H and O–H groups in total. The Balaban J connectivity index is 1.96. The quantitative estimate of drug-likeness (QED) is 0.114. The van der Waals surface area contributed by atoms with E-state index in [1.54, 1.807) is 12.1 Å². The minimum absolute atomic E-state index is 0.0350. The van der Waals surface area contributed by atoms with Crippen molar-refractivity contribution in [3.8, 4) is 5.75 Å². The van der Waals surface area contributed by atoms with Crippen LogP contribution >= 0.6 is 0 Å². The summed E-state index contributed by atoms with van der Waals surface area (Å²) in [7, 11) is 0. The average Bonchev–Trinajstić information content (AvgIpc) is 2.77. The smallest absolute Gasteiger partial charge is 0.311 e. The van der Waals surface area contributed by atoms with Crippen molar-refractivity contribution in [3.63, 3.8) is 0 Å². The highest BCUT2D eigenvalue weighted by Gasteiger charge is 2.06. The standard InChI is InChI=1S/C27H45NO3/c1-2-3-4-5-6-7-8-9-10-11-12-13-14-15-16-17-27(30)31-26-20-18-24(19-21-26)22-25(28)23-29/h9-10,18-21,25,29H,2-8,11-17,22-23,28H2,1H3/t25-/m0/s1. The molecule has 0 aliphatic rings. The maximum Gasteiger partial charge on any atom is 0.311 e. The van der Waals surface area contributed by atoms with Crippen LogP contribution in [0.2, 0.25) is 0 Å². The average molecular weight is 432 g/mol. The van der Waals surface area contributed by atoms with Crippen molar-refractivity contribution in [1.29, 1.82) is 0 Å².